The molecule has 96 valence electrons. The Bertz CT molecular complexity index is 468. The molecular formula is C10H15ClN2O3S. The number of halogens is 1. The summed E-state index contributed by atoms with van der Waals surface area (Å²) in [5.74, 6) is 0. The normalized spacial score (nSPS) is 13.6. The van der Waals surface area contributed by atoms with E-state index >= 15 is 0 Å². The number of nitrogens with two attached hydrogens (primary N) is 1. The lowest BCUT2D eigenvalue weighted by molar-refractivity contribution is 0.186. The van der Waals surface area contributed by atoms with Crippen LogP contribution in [0.4, 0.5) is 5.69 Å². The molecule has 1 aromatic carbocycles. The highest BCUT2D eigenvalue weighted by atomic mass is 35.5. The number of hydrogen-bond donors (Lipinski definition) is 3. The van der Waals surface area contributed by atoms with Gasteiger partial charge in [-0.15, -0.1) is 0 Å². The van der Waals surface area contributed by atoms with Crippen molar-refractivity contribution in [1.82, 2.24) is 4.72 Å². The van der Waals surface area contributed by atoms with Gasteiger partial charge >= 0.3 is 0 Å². The van der Waals surface area contributed by atoms with E-state index in [2.05, 4.69) is 4.72 Å². The van der Waals surface area contributed by atoms with E-state index in [1.807, 2.05) is 0 Å². The molecule has 4 N–H and O–H groups in total. The zero-order valence-electron chi connectivity index (χ0n) is 9.35. The average molecular weight is 279 g/mol. The molecule has 0 saturated heterocycles. The van der Waals surface area contributed by atoms with Gasteiger partial charge < -0.3 is 10.8 Å². The van der Waals surface area contributed by atoms with Crippen LogP contribution in [0.1, 0.15) is 13.3 Å². The largest absolute Gasteiger partial charge is 0.398 e. The molecule has 5 nitrogen and oxygen atoms in total. The van der Waals surface area contributed by atoms with Gasteiger partial charge in [-0.3, -0.25) is 0 Å². The molecule has 17 heavy (non-hydrogen) atoms. The first-order chi connectivity index (χ1) is 7.84. The minimum atomic E-state index is -3.74. The number of nitrogen functional groups attached to an aromatic ring is 1. The van der Waals surface area contributed by atoms with E-state index in [-0.39, 0.29) is 22.2 Å². The third kappa shape index (κ3) is 3.85. The highest BCUT2D eigenvalue weighted by Gasteiger charge is 2.20. The molecule has 0 aliphatic carbocycles. The summed E-state index contributed by atoms with van der Waals surface area (Å²) in [7, 11) is -3.74. The lowest BCUT2D eigenvalue weighted by Gasteiger charge is -2.11. The molecule has 7 heteroatoms. The number of anilines is 1. The van der Waals surface area contributed by atoms with Crippen LogP contribution in [0.25, 0.3) is 0 Å². The average Bonchev–Trinajstić information content (AvgIpc) is 2.15. The number of sulfonamides is 1. The lowest BCUT2D eigenvalue weighted by Crippen LogP contribution is -2.27. The van der Waals surface area contributed by atoms with Crippen molar-refractivity contribution in [2.45, 2.75) is 24.3 Å². The number of rotatable bonds is 5. The Labute approximate surface area is 106 Å². The van der Waals surface area contributed by atoms with Crippen molar-refractivity contribution in [1.29, 1.82) is 0 Å². The maximum absolute atomic E-state index is 11.9. The van der Waals surface area contributed by atoms with Gasteiger partial charge in [0.25, 0.3) is 0 Å². The molecule has 0 amide bonds. The molecule has 0 bridgehead atoms. The summed E-state index contributed by atoms with van der Waals surface area (Å²) in [6.07, 6.45) is -0.245. The van der Waals surface area contributed by atoms with Crippen molar-refractivity contribution < 1.29 is 13.5 Å². The van der Waals surface area contributed by atoms with Gasteiger partial charge in [-0.05, 0) is 25.5 Å². The van der Waals surface area contributed by atoms with Gasteiger partial charge in [0.05, 0.1) is 16.8 Å². The highest BCUT2D eigenvalue weighted by Crippen LogP contribution is 2.26. The summed E-state index contributed by atoms with van der Waals surface area (Å²) in [5.41, 5.74) is 5.69. The number of nitrogens with one attached hydrogen (secondary N) is 1. The number of hydrogen-bond acceptors (Lipinski definition) is 4. The molecule has 0 aliphatic heterocycles. The van der Waals surface area contributed by atoms with Crippen molar-refractivity contribution in [2.75, 3.05) is 12.3 Å². The van der Waals surface area contributed by atoms with E-state index < -0.39 is 16.1 Å². The third-order valence-corrected chi connectivity index (χ3v) is 4.12. The van der Waals surface area contributed by atoms with Crippen LogP contribution >= 0.6 is 11.6 Å². The van der Waals surface area contributed by atoms with Crippen LogP contribution in [-0.2, 0) is 10.0 Å². The number of benzene rings is 1. The fourth-order valence-corrected chi connectivity index (χ4v) is 3.00. The minimum Gasteiger partial charge on any atom is -0.398 e. The molecular weight excluding hydrogens is 264 g/mol. The number of aliphatic hydroxyl groups is 1. The molecule has 1 rings (SSSR count). The Morgan fingerprint density at radius 2 is 2.18 bits per heavy atom. The molecule has 0 radical (unpaired) electrons. The predicted molar refractivity (Wildman–Crippen MR) is 67.4 cm³/mol. The summed E-state index contributed by atoms with van der Waals surface area (Å²) >= 11 is 5.81. The van der Waals surface area contributed by atoms with Crippen molar-refractivity contribution in [3.05, 3.63) is 23.2 Å². The molecule has 0 heterocycles. The Balaban J connectivity index is 2.90. The number of aliphatic hydroxyl groups excluding tert-OH is 1. The molecule has 1 unspecified atom stereocenters. The van der Waals surface area contributed by atoms with Gasteiger partial charge in [-0.2, -0.15) is 0 Å². The fourth-order valence-electron chi connectivity index (χ4n) is 1.28. The fraction of sp³-hybridized carbons (Fsp3) is 0.400. The van der Waals surface area contributed by atoms with E-state index in [0.29, 0.717) is 6.42 Å². The monoisotopic (exact) mass is 278 g/mol. The van der Waals surface area contributed by atoms with E-state index in [1.54, 1.807) is 13.0 Å². The van der Waals surface area contributed by atoms with E-state index in [1.165, 1.54) is 12.1 Å². The standard InChI is InChI=1S/C10H15ClN2O3S/c1-7(14)5-6-13-17(15,16)10-8(11)3-2-4-9(10)12/h2-4,7,13-14H,5-6,12H2,1H3. The first-order valence-electron chi connectivity index (χ1n) is 5.06. The minimum absolute atomic E-state index is 0.0783. The van der Waals surface area contributed by atoms with E-state index in [9.17, 15) is 8.42 Å². The molecule has 0 saturated carbocycles. The Morgan fingerprint density at radius 1 is 1.53 bits per heavy atom. The summed E-state index contributed by atoms with van der Waals surface area (Å²) < 4.78 is 26.1. The van der Waals surface area contributed by atoms with E-state index in [4.69, 9.17) is 22.4 Å². The first kappa shape index (κ1) is 14.2. The van der Waals surface area contributed by atoms with Gasteiger partial charge in [0, 0.05) is 6.54 Å². The van der Waals surface area contributed by atoms with E-state index in [0.717, 1.165) is 0 Å². The quantitative estimate of drug-likeness (QED) is 0.700. The third-order valence-electron chi connectivity index (χ3n) is 2.12. The second-order valence-corrected chi connectivity index (χ2v) is 5.80. The lowest BCUT2D eigenvalue weighted by atomic mass is 10.3. The van der Waals surface area contributed by atoms with Crippen molar-refractivity contribution in [2.24, 2.45) is 0 Å². The molecule has 1 atom stereocenters. The summed E-state index contributed by atoms with van der Waals surface area (Å²) in [6, 6.07) is 4.50. The van der Waals surface area contributed by atoms with Gasteiger partial charge in [0.1, 0.15) is 4.90 Å². The zero-order chi connectivity index (χ0) is 13.1. The van der Waals surface area contributed by atoms with Crippen LogP contribution in [-0.4, -0.2) is 26.2 Å². The SMILES string of the molecule is CC(O)CCNS(=O)(=O)c1c(N)cccc1Cl. The molecule has 0 aliphatic rings. The molecule has 0 aromatic heterocycles. The first-order valence-corrected chi connectivity index (χ1v) is 6.92. The van der Waals surface area contributed by atoms with Gasteiger partial charge in [-0.25, -0.2) is 13.1 Å². The smallest absolute Gasteiger partial charge is 0.244 e. The summed E-state index contributed by atoms with van der Waals surface area (Å²) in [5, 5.41) is 9.12. The Hall–Kier alpha value is -0.820. The Morgan fingerprint density at radius 3 is 2.71 bits per heavy atom. The van der Waals surface area contributed by atoms with Crippen molar-refractivity contribution in [3.8, 4) is 0 Å². The van der Waals surface area contributed by atoms with Crippen LogP contribution in [0.2, 0.25) is 5.02 Å². The molecule has 0 fully saturated rings. The van der Waals surface area contributed by atoms with Crippen LogP contribution in [0.15, 0.2) is 23.1 Å². The summed E-state index contributed by atoms with van der Waals surface area (Å²) in [6.45, 7) is 1.71. The van der Waals surface area contributed by atoms with Crippen LogP contribution < -0.4 is 10.5 Å². The maximum atomic E-state index is 11.9. The second kappa shape index (κ2) is 5.68. The highest BCUT2D eigenvalue weighted by molar-refractivity contribution is 7.89. The molecule has 1 aromatic rings. The summed E-state index contributed by atoms with van der Waals surface area (Å²) in [4.78, 5) is -0.118. The van der Waals surface area contributed by atoms with Crippen LogP contribution in [0.5, 0.6) is 0 Å². The van der Waals surface area contributed by atoms with Gasteiger partial charge in [0.15, 0.2) is 0 Å². The topological polar surface area (TPSA) is 92.4 Å². The van der Waals surface area contributed by atoms with Gasteiger partial charge in [-0.1, -0.05) is 17.7 Å². The predicted octanol–water partition coefficient (Wildman–Crippen LogP) is 0.971. The van der Waals surface area contributed by atoms with Crippen molar-refractivity contribution >= 4 is 27.3 Å². The second-order valence-electron chi connectivity index (χ2n) is 3.69. The van der Waals surface area contributed by atoms with Gasteiger partial charge in [0.2, 0.25) is 10.0 Å². The Kier molecular flexibility index (Phi) is 4.76. The van der Waals surface area contributed by atoms with Crippen molar-refractivity contribution in [3.63, 3.8) is 0 Å². The van der Waals surface area contributed by atoms with Crippen LogP contribution in [0.3, 0.4) is 0 Å². The maximum Gasteiger partial charge on any atom is 0.244 e. The molecule has 0 spiro atoms. The van der Waals surface area contributed by atoms with Crippen LogP contribution in [0, 0.1) is 0 Å². The zero-order valence-corrected chi connectivity index (χ0v) is 10.9.